The van der Waals surface area contributed by atoms with E-state index in [1.54, 1.807) is 6.20 Å². The average molecular weight is 275 g/mol. The summed E-state index contributed by atoms with van der Waals surface area (Å²) in [6.45, 7) is 3.53. The Kier molecular flexibility index (Phi) is 4.16. The van der Waals surface area contributed by atoms with Crippen LogP contribution in [0, 0.1) is 0 Å². The normalized spacial score (nSPS) is 22.2. The molecule has 0 aromatic carbocycles. The van der Waals surface area contributed by atoms with Gasteiger partial charge in [0.1, 0.15) is 5.69 Å². The van der Waals surface area contributed by atoms with Crippen LogP contribution < -0.4 is 10.2 Å². The fourth-order valence-electron chi connectivity index (χ4n) is 2.82. The molecule has 3 rings (SSSR count). The molecule has 2 aliphatic rings. The topological polar surface area (TPSA) is 54.5 Å². The van der Waals surface area contributed by atoms with E-state index in [0.29, 0.717) is 12.2 Å². The molecule has 2 fully saturated rings. The van der Waals surface area contributed by atoms with Gasteiger partial charge < -0.3 is 15.0 Å². The monoisotopic (exact) mass is 275 g/mol. The zero-order chi connectivity index (χ0) is 13.8. The van der Waals surface area contributed by atoms with E-state index >= 15 is 0 Å². The van der Waals surface area contributed by atoms with Gasteiger partial charge in [0.2, 0.25) is 0 Å². The molecule has 1 N–H and O–H groups in total. The number of rotatable bonds is 4. The van der Waals surface area contributed by atoms with Crippen molar-refractivity contribution in [3.05, 3.63) is 24.0 Å². The van der Waals surface area contributed by atoms with Gasteiger partial charge in [0.05, 0.1) is 6.10 Å². The van der Waals surface area contributed by atoms with Gasteiger partial charge in [-0.05, 0) is 37.8 Å². The minimum Gasteiger partial charge on any atom is -0.376 e. The molecule has 1 aromatic heterocycles. The first-order chi connectivity index (χ1) is 9.83. The van der Waals surface area contributed by atoms with Gasteiger partial charge in [-0.3, -0.25) is 9.78 Å². The maximum Gasteiger partial charge on any atom is 0.270 e. The summed E-state index contributed by atoms with van der Waals surface area (Å²) in [6, 6.07) is 3.86. The summed E-state index contributed by atoms with van der Waals surface area (Å²) in [5.41, 5.74) is 1.59. The fourth-order valence-corrected chi connectivity index (χ4v) is 2.82. The van der Waals surface area contributed by atoms with Crippen LogP contribution in [0.5, 0.6) is 0 Å². The summed E-state index contributed by atoms with van der Waals surface area (Å²) in [6.07, 6.45) is 6.45. The van der Waals surface area contributed by atoms with E-state index in [0.717, 1.165) is 38.2 Å². The molecule has 3 heterocycles. The quantitative estimate of drug-likeness (QED) is 0.906. The zero-order valence-corrected chi connectivity index (χ0v) is 11.7. The highest BCUT2D eigenvalue weighted by Gasteiger charge is 2.18. The summed E-state index contributed by atoms with van der Waals surface area (Å²) in [4.78, 5) is 18.6. The minimum absolute atomic E-state index is 0.110. The van der Waals surface area contributed by atoms with Crippen LogP contribution in [0.4, 0.5) is 5.69 Å². The lowest BCUT2D eigenvalue weighted by Gasteiger charge is -2.18. The lowest BCUT2D eigenvalue weighted by Crippen LogP contribution is -2.32. The highest BCUT2D eigenvalue weighted by molar-refractivity contribution is 5.93. The molecule has 1 amide bonds. The van der Waals surface area contributed by atoms with E-state index in [9.17, 15) is 4.79 Å². The first-order valence-corrected chi connectivity index (χ1v) is 7.44. The zero-order valence-electron chi connectivity index (χ0n) is 11.7. The molecule has 5 nitrogen and oxygen atoms in total. The van der Waals surface area contributed by atoms with E-state index < -0.39 is 0 Å². The summed E-state index contributed by atoms with van der Waals surface area (Å²) >= 11 is 0. The van der Waals surface area contributed by atoms with Crippen molar-refractivity contribution in [2.75, 3.05) is 31.1 Å². The molecular formula is C15H21N3O2. The van der Waals surface area contributed by atoms with E-state index in [4.69, 9.17) is 4.74 Å². The highest BCUT2D eigenvalue weighted by atomic mass is 16.5. The van der Waals surface area contributed by atoms with Crippen LogP contribution in [0.3, 0.4) is 0 Å². The third-order valence-corrected chi connectivity index (χ3v) is 3.96. The number of nitrogens with one attached hydrogen (secondary N) is 1. The molecule has 0 radical (unpaired) electrons. The standard InChI is InChI=1S/C15H21N3O2/c19-15(17-11-13-4-3-9-20-13)14-10-12(5-6-16-14)18-7-1-2-8-18/h5-6,10,13H,1-4,7-9,11H2,(H,17,19). The first kappa shape index (κ1) is 13.4. The Morgan fingerprint density at radius 2 is 2.25 bits per heavy atom. The molecular weight excluding hydrogens is 254 g/mol. The highest BCUT2D eigenvalue weighted by Crippen LogP contribution is 2.20. The Morgan fingerprint density at radius 3 is 3.00 bits per heavy atom. The van der Waals surface area contributed by atoms with Gasteiger partial charge in [-0.15, -0.1) is 0 Å². The van der Waals surface area contributed by atoms with Gasteiger partial charge in [0.25, 0.3) is 5.91 Å². The largest absolute Gasteiger partial charge is 0.376 e. The van der Waals surface area contributed by atoms with E-state index in [1.807, 2.05) is 12.1 Å². The molecule has 1 unspecified atom stereocenters. The lowest BCUT2D eigenvalue weighted by molar-refractivity contribution is 0.0854. The van der Waals surface area contributed by atoms with Crippen LogP contribution in [0.15, 0.2) is 18.3 Å². The number of amides is 1. The van der Waals surface area contributed by atoms with Crippen LogP contribution in [0.25, 0.3) is 0 Å². The van der Waals surface area contributed by atoms with Crippen LogP contribution >= 0.6 is 0 Å². The third kappa shape index (κ3) is 3.10. The van der Waals surface area contributed by atoms with Crippen LogP contribution in [-0.2, 0) is 4.74 Å². The second-order valence-corrected chi connectivity index (χ2v) is 5.44. The SMILES string of the molecule is O=C(NCC1CCCO1)c1cc(N2CCCC2)ccn1. The third-order valence-electron chi connectivity index (χ3n) is 3.96. The van der Waals surface area contributed by atoms with Gasteiger partial charge in [-0.1, -0.05) is 0 Å². The van der Waals surface area contributed by atoms with Crippen molar-refractivity contribution in [3.8, 4) is 0 Å². The summed E-state index contributed by atoms with van der Waals surface area (Å²) < 4.78 is 5.50. The first-order valence-electron chi connectivity index (χ1n) is 7.44. The van der Waals surface area contributed by atoms with Gasteiger partial charge in [-0.25, -0.2) is 0 Å². The number of ether oxygens (including phenoxy) is 1. The number of pyridine rings is 1. The molecule has 5 heteroatoms. The molecule has 1 atom stereocenters. The molecule has 2 aliphatic heterocycles. The number of carbonyl (C=O) groups excluding carboxylic acids is 1. The van der Waals surface area contributed by atoms with Crippen LogP contribution in [-0.4, -0.2) is 43.2 Å². The Hall–Kier alpha value is -1.62. The smallest absolute Gasteiger partial charge is 0.270 e. The van der Waals surface area contributed by atoms with Crippen molar-refractivity contribution < 1.29 is 9.53 Å². The molecule has 0 bridgehead atoms. The molecule has 108 valence electrons. The Labute approximate surface area is 119 Å². The predicted octanol–water partition coefficient (Wildman–Crippen LogP) is 1.59. The number of hydrogen-bond donors (Lipinski definition) is 1. The Bertz CT molecular complexity index is 466. The van der Waals surface area contributed by atoms with Gasteiger partial charge in [-0.2, -0.15) is 0 Å². The molecule has 0 saturated carbocycles. The second kappa shape index (κ2) is 6.22. The van der Waals surface area contributed by atoms with Gasteiger partial charge in [0, 0.05) is 38.1 Å². The van der Waals surface area contributed by atoms with Gasteiger partial charge >= 0.3 is 0 Å². The summed E-state index contributed by atoms with van der Waals surface area (Å²) in [5.74, 6) is -0.110. The number of aromatic nitrogens is 1. The maximum absolute atomic E-state index is 12.1. The number of hydrogen-bond acceptors (Lipinski definition) is 4. The lowest BCUT2D eigenvalue weighted by atomic mass is 10.2. The molecule has 1 aromatic rings. The minimum atomic E-state index is -0.110. The second-order valence-electron chi connectivity index (χ2n) is 5.44. The van der Waals surface area contributed by atoms with Crippen molar-refractivity contribution in [1.82, 2.24) is 10.3 Å². The fraction of sp³-hybridized carbons (Fsp3) is 0.600. The predicted molar refractivity (Wildman–Crippen MR) is 77.0 cm³/mol. The number of carbonyl (C=O) groups is 1. The number of nitrogens with zero attached hydrogens (tertiary/aromatic N) is 2. The van der Waals surface area contributed by atoms with Crippen molar-refractivity contribution in [1.29, 1.82) is 0 Å². The maximum atomic E-state index is 12.1. The number of anilines is 1. The van der Waals surface area contributed by atoms with E-state index in [-0.39, 0.29) is 12.0 Å². The Morgan fingerprint density at radius 1 is 1.40 bits per heavy atom. The molecule has 0 spiro atoms. The average Bonchev–Trinajstić information content (AvgIpc) is 3.18. The van der Waals surface area contributed by atoms with Crippen molar-refractivity contribution in [3.63, 3.8) is 0 Å². The van der Waals surface area contributed by atoms with Crippen molar-refractivity contribution >= 4 is 11.6 Å². The molecule has 2 saturated heterocycles. The van der Waals surface area contributed by atoms with Crippen LogP contribution in [0.2, 0.25) is 0 Å². The van der Waals surface area contributed by atoms with E-state index in [2.05, 4.69) is 15.2 Å². The van der Waals surface area contributed by atoms with Crippen LogP contribution in [0.1, 0.15) is 36.2 Å². The summed E-state index contributed by atoms with van der Waals surface area (Å²) in [7, 11) is 0. The van der Waals surface area contributed by atoms with Crippen molar-refractivity contribution in [2.24, 2.45) is 0 Å². The van der Waals surface area contributed by atoms with E-state index in [1.165, 1.54) is 12.8 Å². The molecule has 20 heavy (non-hydrogen) atoms. The van der Waals surface area contributed by atoms with Crippen molar-refractivity contribution in [2.45, 2.75) is 31.8 Å². The Balaban J connectivity index is 1.60. The van der Waals surface area contributed by atoms with Gasteiger partial charge in [0.15, 0.2) is 0 Å². The molecule has 0 aliphatic carbocycles. The summed E-state index contributed by atoms with van der Waals surface area (Å²) in [5, 5.41) is 2.91.